The van der Waals surface area contributed by atoms with Crippen molar-refractivity contribution in [3.8, 4) is 11.5 Å². The Morgan fingerprint density at radius 3 is 1.90 bits per heavy atom. The molecule has 2 fully saturated rings. The molecule has 1 heterocycles. The lowest BCUT2D eigenvalue weighted by Gasteiger charge is -2.37. The van der Waals surface area contributed by atoms with Crippen LogP contribution in [0.2, 0.25) is 0 Å². The van der Waals surface area contributed by atoms with Gasteiger partial charge >= 0.3 is 0 Å². The van der Waals surface area contributed by atoms with Crippen LogP contribution in [0, 0.1) is 5.92 Å². The van der Waals surface area contributed by atoms with Crippen molar-refractivity contribution in [2.24, 2.45) is 5.92 Å². The molecule has 1 aliphatic carbocycles. The standard InChI is InChI=1S/C29H42N4O5S/c1-29(2,3)39(35,36)31-23-8-6-21(7-9-23)28(34)30-22-10-12-24(13-11-22)32-16-18-33(19-17-32)25-14-15-26(37-4)27(20-25)38-5/h10-15,20-21,23,31H,6-9,16-19H2,1-5H3,(H,30,34)/t21-,23-. The van der Waals surface area contributed by atoms with Gasteiger partial charge in [0.2, 0.25) is 15.9 Å². The topological polar surface area (TPSA) is 100 Å². The smallest absolute Gasteiger partial charge is 0.227 e. The summed E-state index contributed by atoms with van der Waals surface area (Å²) in [6.07, 6.45) is 2.68. The Morgan fingerprint density at radius 2 is 1.36 bits per heavy atom. The third-order valence-electron chi connectivity index (χ3n) is 7.74. The Hall–Kier alpha value is -2.98. The van der Waals surface area contributed by atoms with Gasteiger partial charge in [-0.1, -0.05) is 0 Å². The van der Waals surface area contributed by atoms with Crippen LogP contribution >= 0.6 is 0 Å². The van der Waals surface area contributed by atoms with Crippen molar-refractivity contribution in [2.75, 3.05) is 55.5 Å². The molecule has 0 unspecified atom stereocenters. The van der Waals surface area contributed by atoms with Crippen LogP contribution in [0.5, 0.6) is 11.5 Å². The summed E-state index contributed by atoms with van der Waals surface area (Å²) in [5, 5.41) is 3.05. The number of anilines is 3. The van der Waals surface area contributed by atoms with Crippen molar-refractivity contribution >= 4 is 33.0 Å². The first-order chi connectivity index (χ1) is 18.5. The molecular weight excluding hydrogens is 516 g/mol. The Balaban J connectivity index is 1.25. The molecule has 2 aliphatic rings. The van der Waals surface area contributed by atoms with Gasteiger partial charge in [0.15, 0.2) is 11.5 Å². The molecule has 0 bridgehead atoms. The van der Waals surface area contributed by atoms with Crippen molar-refractivity contribution in [1.82, 2.24) is 4.72 Å². The quantitative estimate of drug-likeness (QED) is 0.500. The Kier molecular flexibility index (Phi) is 8.96. The third kappa shape index (κ3) is 6.97. The fraction of sp³-hybridized carbons (Fsp3) is 0.552. The molecule has 0 spiro atoms. The van der Waals surface area contributed by atoms with E-state index in [2.05, 4.69) is 38.0 Å². The minimum absolute atomic E-state index is 0.00316. The average molecular weight is 559 g/mol. The van der Waals surface area contributed by atoms with Crippen molar-refractivity contribution in [3.63, 3.8) is 0 Å². The number of nitrogens with one attached hydrogen (secondary N) is 2. The molecule has 1 aliphatic heterocycles. The number of methoxy groups -OCH3 is 2. The van der Waals surface area contributed by atoms with Gasteiger partial charge < -0.3 is 24.6 Å². The van der Waals surface area contributed by atoms with E-state index < -0.39 is 14.8 Å². The van der Waals surface area contributed by atoms with Crippen molar-refractivity contribution in [1.29, 1.82) is 0 Å². The summed E-state index contributed by atoms with van der Waals surface area (Å²) in [4.78, 5) is 17.6. The fourth-order valence-electron chi connectivity index (χ4n) is 5.11. The van der Waals surface area contributed by atoms with Gasteiger partial charge in [0, 0.05) is 61.3 Å². The third-order valence-corrected chi connectivity index (χ3v) is 9.99. The Morgan fingerprint density at radius 1 is 0.821 bits per heavy atom. The van der Waals surface area contributed by atoms with Gasteiger partial charge in [-0.15, -0.1) is 0 Å². The summed E-state index contributed by atoms with van der Waals surface area (Å²) in [5.74, 6) is 1.35. The summed E-state index contributed by atoms with van der Waals surface area (Å²) in [6.45, 7) is 8.65. The van der Waals surface area contributed by atoms with Gasteiger partial charge in [-0.25, -0.2) is 13.1 Å². The van der Waals surface area contributed by atoms with Gasteiger partial charge in [0.05, 0.1) is 19.0 Å². The molecule has 39 heavy (non-hydrogen) atoms. The molecule has 0 radical (unpaired) electrons. The predicted octanol–water partition coefficient (Wildman–Crippen LogP) is 4.25. The van der Waals surface area contributed by atoms with Gasteiger partial charge in [0.1, 0.15) is 0 Å². The number of ether oxygens (including phenoxy) is 2. The van der Waals surface area contributed by atoms with E-state index in [0.717, 1.165) is 54.7 Å². The van der Waals surface area contributed by atoms with E-state index in [1.54, 1.807) is 35.0 Å². The van der Waals surface area contributed by atoms with E-state index in [1.165, 1.54) is 0 Å². The molecule has 1 amide bonds. The number of piperazine rings is 1. The van der Waals surface area contributed by atoms with Gasteiger partial charge in [-0.3, -0.25) is 4.79 Å². The van der Waals surface area contributed by atoms with Gasteiger partial charge in [0.25, 0.3) is 0 Å². The largest absolute Gasteiger partial charge is 0.493 e. The molecular formula is C29H42N4O5S. The second kappa shape index (κ2) is 12.0. The van der Waals surface area contributed by atoms with Crippen LogP contribution in [-0.2, 0) is 14.8 Å². The number of amides is 1. The zero-order valence-corrected chi connectivity index (χ0v) is 24.5. The van der Waals surface area contributed by atoms with E-state index >= 15 is 0 Å². The summed E-state index contributed by atoms with van der Waals surface area (Å²) >= 11 is 0. The summed E-state index contributed by atoms with van der Waals surface area (Å²) < 4.78 is 37.7. The summed E-state index contributed by atoms with van der Waals surface area (Å²) in [6, 6.07) is 13.9. The minimum atomic E-state index is -3.39. The highest BCUT2D eigenvalue weighted by Gasteiger charge is 2.34. The molecule has 2 aromatic rings. The van der Waals surface area contributed by atoms with Crippen LogP contribution < -0.4 is 29.3 Å². The molecule has 9 nitrogen and oxygen atoms in total. The van der Waals surface area contributed by atoms with E-state index in [-0.39, 0.29) is 17.9 Å². The number of rotatable bonds is 8. The number of carbonyl (C=O) groups excluding carboxylic acids is 1. The monoisotopic (exact) mass is 558 g/mol. The maximum absolute atomic E-state index is 12.9. The van der Waals surface area contributed by atoms with Crippen LogP contribution in [0.4, 0.5) is 17.1 Å². The van der Waals surface area contributed by atoms with Gasteiger partial charge in [-0.2, -0.15) is 0 Å². The number of hydrogen-bond acceptors (Lipinski definition) is 7. The molecule has 1 saturated heterocycles. The van der Waals surface area contributed by atoms with Crippen molar-refractivity contribution < 1.29 is 22.7 Å². The number of benzene rings is 2. The zero-order valence-electron chi connectivity index (χ0n) is 23.7. The molecule has 214 valence electrons. The predicted molar refractivity (Wildman–Crippen MR) is 157 cm³/mol. The average Bonchev–Trinajstić information content (AvgIpc) is 2.92. The first kappa shape index (κ1) is 29.0. The second-order valence-corrected chi connectivity index (χ2v) is 13.8. The molecule has 0 atom stereocenters. The first-order valence-electron chi connectivity index (χ1n) is 13.7. The number of hydrogen-bond donors (Lipinski definition) is 2. The zero-order chi connectivity index (χ0) is 28.2. The van der Waals surface area contributed by atoms with E-state index in [9.17, 15) is 13.2 Å². The van der Waals surface area contributed by atoms with Crippen molar-refractivity contribution in [3.05, 3.63) is 42.5 Å². The van der Waals surface area contributed by atoms with Crippen LogP contribution in [0.3, 0.4) is 0 Å². The van der Waals surface area contributed by atoms with Crippen molar-refractivity contribution in [2.45, 2.75) is 57.2 Å². The molecule has 2 N–H and O–H groups in total. The maximum atomic E-state index is 12.9. The molecule has 10 heteroatoms. The SMILES string of the molecule is COc1ccc(N2CCN(c3ccc(NC(=O)[C@H]4CC[C@H](NS(=O)(=O)C(C)(C)C)CC4)cc3)CC2)cc1OC. The van der Waals surface area contributed by atoms with E-state index in [4.69, 9.17) is 9.47 Å². The highest BCUT2D eigenvalue weighted by atomic mass is 32.2. The molecule has 2 aromatic carbocycles. The molecule has 4 rings (SSSR count). The van der Waals surface area contributed by atoms with Crippen LogP contribution in [-0.4, -0.2) is 65.5 Å². The lowest BCUT2D eigenvalue weighted by Crippen LogP contribution is -2.46. The fourth-order valence-corrected chi connectivity index (χ4v) is 6.14. The van der Waals surface area contributed by atoms with E-state index in [1.807, 2.05) is 24.3 Å². The van der Waals surface area contributed by atoms with Gasteiger partial charge in [-0.05, 0) is 82.9 Å². The molecule has 1 saturated carbocycles. The lowest BCUT2D eigenvalue weighted by molar-refractivity contribution is -0.120. The lowest BCUT2D eigenvalue weighted by atomic mass is 9.86. The van der Waals surface area contributed by atoms with Crippen LogP contribution in [0.25, 0.3) is 0 Å². The highest BCUT2D eigenvalue weighted by molar-refractivity contribution is 7.90. The first-order valence-corrected chi connectivity index (χ1v) is 15.1. The normalized spacial score (nSPS) is 20.4. The Bertz CT molecular complexity index is 1230. The number of nitrogens with zero attached hydrogens (tertiary/aromatic N) is 2. The van der Waals surface area contributed by atoms with E-state index in [0.29, 0.717) is 25.7 Å². The number of carbonyl (C=O) groups is 1. The maximum Gasteiger partial charge on any atom is 0.227 e. The van der Waals surface area contributed by atoms with Crippen LogP contribution in [0.1, 0.15) is 46.5 Å². The summed E-state index contributed by atoms with van der Waals surface area (Å²) in [7, 11) is -0.0971. The number of sulfonamides is 1. The second-order valence-electron chi connectivity index (χ2n) is 11.3. The summed E-state index contributed by atoms with van der Waals surface area (Å²) in [5.41, 5.74) is 3.03. The van der Waals surface area contributed by atoms with Crippen LogP contribution in [0.15, 0.2) is 42.5 Å². The highest BCUT2D eigenvalue weighted by Crippen LogP contribution is 2.32. The Labute approximate surface area is 232 Å². The minimum Gasteiger partial charge on any atom is -0.493 e. The molecule has 0 aromatic heterocycles.